The second-order valence-electron chi connectivity index (χ2n) is 5.42. The van der Waals surface area contributed by atoms with E-state index in [1.807, 2.05) is 6.92 Å². The van der Waals surface area contributed by atoms with Gasteiger partial charge in [-0.3, -0.25) is 9.36 Å². The van der Waals surface area contributed by atoms with Gasteiger partial charge in [0.25, 0.3) is 0 Å². The molecule has 0 saturated carbocycles. The third-order valence-corrected chi connectivity index (χ3v) is 4.42. The highest BCUT2D eigenvalue weighted by Gasteiger charge is 2.11. The number of aromatic hydroxyl groups is 1. The van der Waals surface area contributed by atoms with Gasteiger partial charge in [-0.2, -0.15) is 0 Å². The highest BCUT2D eigenvalue weighted by molar-refractivity contribution is 7.99. The van der Waals surface area contributed by atoms with Crippen molar-refractivity contribution in [1.29, 1.82) is 0 Å². The molecule has 0 spiro atoms. The lowest BCUT2D eigenvalue weighted by atomic mass is 10.2. The topological polar surface area (TPSA) is 67.2 Å². The Morgan fingerprint density at radius 3 is 2.92 bits per heavy atom. The molecule has 3 rings (SSSR count). The van der Waals surface area contributed by atoms with Gasteiger partial charge < -0.3 is 10.4 Å². The maximum atomic E-state index is 13.4. The van der Waals surface area contributed by atoms with E-state index in [0.29, 0.717) is 16.5 Å². The molecule has 1 heterocycles. The maximum absolute atomic E-state index is 13.4. The van der Waals surface area contributed by atoms with Gasteiger partial charge in [0.1, 0.15) is 11.6 Å². The number of nitrogens with one attached hydrogen (secondary N) is 1. The lowest BCUT2D eigenvalue weighted by Crippen LogP contribution is -2.14. The molecule has 0 radical (unpaired) electrons. The number of hydrogen-bond acceptors (Lipinski definition) is 4. The Bertz CT molecular complexity index is 911. The summed E-state index contributed by atoms with van der Waals surface area (Å²) in [5, 5.41) is 13.1. The quantitative estimate of drug-likeness (QED) is 0.539. The predicted octanol–water partition coefficient (Wildman–Crippen LogP) is 3.76. The molecule has 0 aliphatic heterocycles. The summed E-state index contributed by atoms with van der Waals surface area (Å²) in [7, 11) is 0. The lowest BCUT2D eigenvalue weighted by molar-refractivity contribution is -0.113. The normalized spacial score (nSPS) is 10.6. The van der Waals surface area contributed by atoms with Gasteiger partial charge in [0.15, 0.2) is 5.16 Å². The molecular weight excluding hydrogens is 341 g/mol. The van der Waals surface area contributed by atoms with E-state index in [-0.39, 0.29) is 23.2 Å². The number of hydrogen-bond donors (Lipinski definition) is 2. The van der Waals surface area contributed by atoms with Crippen LogP contribution in [-0.2, 0) is 4.79 Å². The summed E-state index contributed by atoms with van der Waals surface area (Å²) < 4.78 is 15.1. The van der Waals surface area contributed by atoms with Crippen molar-refractivity contribution in [3.05, 3.63) is 66.2 Å². The van der Waals surface area contributed by atoms with Crippen LogP contribution in [0.3, 0.4) is 0 Å². The van der Waals surface area contributed by atoms with E-state index < -0.39 is 0 Å². The zero-order valence-electron chi connectivity index (χ0n) is 13.4. The van der Waals surface area contributed by atoms with Gasteiger partial charge in [-0.1, -0.05) is 23.9 Å². The molecule has 1 aromatic heterocycles. The summed E-state index contributed by atoms with van der Waals surface area (Å²) in [5.41, 5.74) is 1.91. The minimum absolute atomic E-state index is 0.0274. The SMILES string of the molecule is Cc1ccc(NC(=O)CSc2nccn2-c2cccc(F)c2)c(O)c1. The molecule has 0 fully saturated rings. The Kier molecular flexibility index (Phi) is 5.04. The van der Waals surface area contributed by atoms with Crippen LogP contribution in [0.5, 0.6) is 5.75 Å². The minimum Gasteiger partial charge on any atom is -0.506 e. The van der Waals surface area contributed by atoms with E-state index in [0.717, 1.165) is 5.56 Å². The first-order chi connectivity index (χ1) is 12.0. The summed E-state index contributed by atoms with van der Waals surface area (Å²) in [6.07, 6.45) is 3.30. The highest BCUT2D eigenvalue weighted by atomic mass is 32.2. The standard InChI is InChI=1S/C18H16FN3O2S/c1-12-5-6-15(16(23)9-12)21-17(24)11-25-18-20-7-8-22(18)14-4-2-3-13(19)10-14/h2-10,23H,11H2,1H3,(H,21,24). The molecule has 7 heteroatoms. The zero-order valence-corrected chi connectivity index (χ0v) is 14.3. The number of benzene rings is 2. The second-order valence-corrected chi connectivity index (χ2v) is 6.36. The van der Waals surface area contributed by atoms with E-state index in [1.165, 1.54) is 23.9 Å². The van der Waals surface area contributed by atoms with E-state index in [9.17, 15) is 14.3 Å². The molecule has 1 amide bonds. The molecule has 2 aromatic carbocycles. The number of phenols is 1. The van der Waals surface area contributed by atoms with Gasteiger partial charge in [0, 0.05) is 12.4 Å². The third-order valence-electron chi connectivity index (χ3n) is 3.45. The number of thioether (sulfide) groups is 1. The average molecular weight is 357 g/mol. The Balaban J connectivity index is 1.66. The number of nitrogens with zero attached hydrogens (tertiary/aromatic N) is 2. The predicted molar refractivity (Wildman–Crippen MR) is 95.7 cm³/mol. The number of carbonyl (C=O) groups is 1. The zero-order chi connectivity index (χ0) is 17.8. The van der Waals surface area contributed by atoms with Crippen molar-refractivity contribution in [2.45, 2.75) is 12.1 Å². The number of halogens is 1. The van der Waals surface area contributed by atoms with E-state index >= 15 is 0 Å². The highest BCUT2D eigenvalue weighted by Crippen LogP contribution is 2.25. The summed E-state index contributed by atoms with van der Waals surface area (Å²) in [6.45, 7) is 1.85. The molecule has 128 valence electrons. The molecule has 0 aliphatic rings. The maximum Gasteiger partial charge on any atom is 0.234 e. The fraction of sp³-hybridized carbons (Fsp3) is 0.111. The van der Waals surface area contributed by atoms with Gasteiger partial charge in [-0.05, 0) is 42.8 Å². The van der Waals surface area contributed by atoms with Gasteiger partial charge in [0.05, 0.1) is 17.1 Å². The van der Waals surface area contributed by atoms with Crippen molar-refractivity contribution >= 4 is 23.4 Å². The number of anilines is 1. The average Bonchev–Trinajstić information content (AvgIpc) is 3.04. The van der Waals surface area contributed by atoms with Gasteiger partial charge >= 0.3 is 0 Å². The van der Waals surface area contributed by atoms with Crippen LogP contribution in [0.2, 0.25) is 0 Å². The van der Waals surface area contributed by atoms with Crippen molar-refractivity contribution < 1.29 is 14.3 Å². The first kappa shape index (κ1) is 17.0. The van der Waals surface area contributed by atoms with Gasteiger partial charge in [0.2, 0.25) is 5.91 Å². The van der Waals surface area contributed by atoms with Gasteiger partial charge in [-0.25, -0.2) is 9.37 Å². The van der Waals surface area contributed by atoms with Crippen molar-refractivity contribution in [3.63, 3.8) is 0 Å². The minimum atomic E-state index is -0.338. The first-order valence-corrected chi connectivity index (χ1v) is 8.53. The first-order valence-electron chi connectivity index (χ1n) is 7.54. The van der Waals surface area contributed by atoms with Crippen molar-refractivity contribution in [3.8, 4) is 11.4 Å². The fourth-order valence-electron chi connectivity index (χ4n) is 2.28. The Morgan fingerprint density at radius 2 is 2.16 bits per heavy atom. The number of amides is 1. The number of imidazole rings is 1. The van der Waals surface area contributed by atoms with Crippen molar-refractivity contribution in [2.75, 3.05) is 11.1 Å². The van der Waals surface area contributed by atoms with Crippen LogP contribution in [0, 0.1) is 12.7 Å². The number of carbonyl (C=O) groups excluding carboxylic acids is 1. The lowest BCUT2D eigenvalue weighted by Gasteiger charge is -2.09. The summed E-state index contributed by atoms with van der Waals surface area (Å²) in [6, 6.07) is 11.2. The molecule has 0 unspecified atom stereocenters. The summed E-state index contributed by atoms with van der Waals surface area (Å²) in [5.74, 6) is -0.466. The number of aromatic nitrogens is 2. The Labute approximate surface area is 148 Å². The molecule has 0 atom stereocenters. The number of aryl methyl sites for hydroxylation is 1. The van der Waals surface area contributed by atoms with E-state index in [1.54, 1.807) is 47.3 Å². The van der Waals surface area contributed by atoms with Crippen molar-refractivity contribution in [1.82, 2.24) is 9.55 Å². The molecule has 0 bridgehead atoms. The smallest absolute Gasteiger partial charge is 0.234 e. The molecule has 0 aliphatic carbocycles. The second kappa shape index (κ2) is 7.40. The largest absolute Gasteiger partial charge is 0.506 e. The van der Waals surface area contributed by atoms with Gasteiger partial charge in [-0.15, -0.1) is 0 Å². The number of phenolic OH excluding ortho intramolecular Hbond substituents is 1. The molecular formula is C18H16FN3O2S. The third kappa shape index (κ3) is 4.19. The van der Waals surface area contributed by atoms with Crippen LogP contribution >= 0.6 is 11.8 Å². The monoisotopic (exact) mass is 357 g/mol. The van der Waals surface area contributed by atoms with Crippen LogP contribution in [0.25, 0.3) is 5.69 Å². The Morgan fingerprint density at radius 1 is 1.32 bits per heavy atom. The van der Waals surface area contributed by atoms with Crippen LogP contribution in [0.1, 0.15) is 5.56 Å². The number of rotatable bonds is 5. The molecule has 3 aromatic rings. The molecule has 0 saturated heterocycles. The molecule has 2 N–H and O–H groups in total. The van der Waals surface area contributed by atoms with Crippen LogP contribution in [0.15, 0.2) is 60.0 Å². The summed E-state index contributed by atoms with van der Waals surface area (Å²) >= 11 is 1.23. The van der Waals surface area contributed by atoms with Crippen LogP contribution in [-0.4, -0.2) is 26.3 Å². The van der Waals surface area contributed by atoms with Crippen molar-refractivity contribution in [2.24, 2.45) is 0 Å². The molecule has 25 heavy (non-hydrogen) atoms. The van der Waals surface area contributed by atoms with E-state index in [4.69, 9.17) is 0 Å². The summed E-state index contributed by atoms with van der Waals surface area (Å²) in [4.78, 5) is 16.3. The van der Waals surface area contributed by atoms with E-state index in [2.05, 4.69) is 10.3 Å². The van der Waals surface area contributed by atoms with Crippen LogP contribution in [0.4, 0.5) is 10.1 Å². The fourth-order valence-corrected chi connectivity index (χ4v) is 3.06. The molecule has 5 nitrogen and oxygen atoms in total. The Hall–Kier alpha value is -2.80. The van der Waals surface area contributed by atoms with Crippen LogP contribution < -0.4 is 5.32 Å².